The van der Waals surface area contributed by atoms with Gasteiger partial charge in [0.1, 0.15) is 5.76 Å². The lowest BCUT2D eigenvalue weighted by Gasteiger charge is -1.97. The van der Waals surface area contributed by atoms with Crippen LogP contribution in [0.15, 0.2) is 34.1 Å². The van der Waals surface area contributed by atoms with Gasteiger partial charge in [0.25, 0.3) is 0 Å². The third-order valence-corrected chi connectivity index (χ3v) is 1.30. The van der Waals surface area contributed by atoms with E-state index in [1.807, 2.05) is 0 Å². The first kappa shape index (κ1) is 11.3. The average Bonchev–Trinajstić information content (AvgIpc) is 1.98. The van der Waals surface area contributed by atoms with E-state index >= 15 is 0 Å². The maximum atomic E-state index is 10.4. The minimum Gasteiger partial charge on any atom is -0.506 e. The molecule has 12 heavy (non-hydrogen) atoms. The van der Waals surface area contributed by atoms with Crippen LogP contribution in [0.1, 0.15) is 6.92 Å². The van der Waals surface area contributed by atoms with Crippen molar-refractivity contribution in [1.29, 1.82) is 0 Å². The third kappa shape index (κ3) is 3.60. The Morgan fingerprint density at radius 3 is 2.25 bits per heavy atom. The van der Waals surface area contributed by atoms with Crippen molar-refractivity contribution < 1.29 is 9.90 Å². The van der Waals surface area contributed by atoms with Gasteiger partial charge in [-0.1, -0.05) is 29.8 Å². The van der Waals surface area contributed by atoms with Gasteiger partial charge >= 0.3 is 0 Å². The molecule has 0 amide bonds. The van der Waals surface area contributed by atoms with Crippen LogP contribution < -0.4 is 0 Å². The standard InChI is InChI=1S/C8H8Cl2O2/c1-5(9)3-7(4-11)8(12)6(2)10/h3-4,12H,2H2,1H3/b5-3+,8-7-. The van der Waals surface area contributed by atoms with E-state index in [9.17, 15) is 4.79 Å². The second-order valence-corrected chi connectivity index (χ2v) is 3.11. The maximum Gasteiger partial charge on any atom is 0.153 e. The van der Waals surface area contributed by atoms with Crippen molar-refractivity contribution in [3.05, 3.63) is 34.1 Å². The van der Waals surface area contributed by atoms with E-state index in [1.165, 1.54) is 6.08 Å². The predicted molar refractivity (Wildman–Crippen MR) is 50.3 cm³/mol. The molecule has 0 bridgehead atoms. The molecular formula is C8H8Cl2O2. The lowest BCUT2D eigenvalue weighted by molar-refractivity contribution is -0.104. The van der Waals surface area contributed by atoms with Crippen molar-refractivity contribution in [2.75, 3.05) is 0 Å². The Bertz CT molecular complexity index is 260. The van der Waals surface area contributed by atoms with Gasteiger partial charge in [0, 0.05) is 5.03 Å². The van der Waals surface area contributed by atoms with Crippen LogP contribution in [0.4, 0.5) is 0 Å². The van der Waals surface area contributed by atoms with Crippen molar-refractivity contribution in [3.63, 3.8) is 0 Å². The minimum absolute atomic E-state index is 0.0162. The van der Waals surface area contributed by atoms with Gasteiger partial charge < -0.3 is 5.11 Å². The number of carbonyl (C=O) groups excluding carboxylic acids is 1. The number of aliphatic hydroxyl groups is 1. The molecule has 0 aromatic heterocycles. The summed E-state index contributed by atoms with van der Waals surface area (Å²) >= 11 is 10.8. The first-order chi connectivity index (χ1) is 5.49. The molecule has 0 fully saturated rings. The fourth-order valence-electron chi connectivity index (χ4n) is 0.529. The van der Waals surface area contributed by atoms with Gasteiger partial charge in [-0.05, 0) is 13.0 Å². The van der Waals surface area contributed by atoms with Gasteiger partial charge in [-0.15, -0.1) is 0 Å². The molecule has 0 atom stereocenters. The lowest BCUT2D eigenvalue weighted by atomic mass is 10.2. The van der Waals surface area contributed by atoms with Crippen LogP contribution in [0.3, 0.4) is 0 Å². The van der Waals surface area contributed by atoms with Crippen LogP contribution in [-0.2, 0) is 4.79 Å². The SMILES string of the molecule is C=C(Cl)/C(O)=C(C=O)\C=C(/C)Cl. The summed E-state index contributed by atoms with van der Waals surface area (Å²) in [4.78, 5) is 10.4. The van der Waals surface area contributed by atoms with E-state index in [4.69, 9.17) is 28.3 Å². The van der Waals surface area contributed by atoms with Crippen LogP contribution in [0.5, 0.6) is 0 Å². The Kier molecular flexibility index (Phi) is 4.71. The summed E-state index contributed by atoms with van der Waals surface area (Å²) in [7, 11) is 0. The average molecular weight is 207 g/mol. The van der Waals surface area contributed by atoms with Gasteiger partial charge in [-0.25, -0.2) is 0 Å². The normalized spacial score (nSPS) is 13.8. The Morgan fingerprint density at radius 2 is 2.00 bits per heavy atom. The number of aldehydes is 1. The van der Waals surface area contributed by atoms with E-state index in [-0.39, 0.29) is 16.4 Å². The Morgan fingerprint density at radius 1 is 1.50 bits per heavy atom. The monoisotopic (exact) mass is 206 g/mol. The molecule has 0 aliphatic heterocycles. The number of hydrogen-bond donors (Lipinski definition) is 1. The Balaban J connectivity index is 5.00. The summed E-state index contributed by atoms with van der Waals surface area (Å²) in [5.41, 5.74) is 0.0162. The molecular weight excluding hydrogens is 199 g/mol. The molecule has 0 aliphatic rings. The zero-order valence-corrected chi connectivity index (χ0v) is 7.99. The summed E-state index contributed by atoms with van der Waals surface area (Å²) in [6.45, 7) is 4.84. The van der Waals surface area contributed by atoms with Gasteiger partial charge in [0.15, 0.2) is 6.29 Å². The molecule has 0 aromatic carbocycles. The van der Waals surface area contributed by atoms with E-state index in [1.54, 1.807) is 6.92 Å². The Hall–Kier alpha value is -0.730. The summed E-state index contributed by atoms with van der Waals surface area (Å²) in [5.74, 6) is -0.355. The predicted octanol–water partition coefficient (Wildman–Crippen LogP) is 2.89. The molecule has 2 nitrogen and oxygen atoms in total. The molecule has 0 aliphatic carbocycles. The summed E-state index contributed by atoms with van der Waals surface area (Å²) < 4.78 is 0. The van der Waals surface area contributed by atoms with E-state index < -0.39 is 0 Å². The van der Waals surface area contributed by atoms with Crippen LogP contribution in [-0.4, -0.2) is 11.4 Å². The molecule has 0 aromatic rings. The second-order valence-electron chi connectivity index (χ2n) is 2.06. The zero-order valence-electron chi connectivity index (χ0n) is 6.47. The smallest absolute Gasteiger partial charge is 0.153 e. The highest BCUT2D eigenvalue weighted by Gasteiger charge is 2.03. The number of aliphatic hydroxyl groups excluding tert-OH is 1. The summed E-state index contributed by atoms with van der Waals surface area (Å²) in [6.07, 6.45) is 1.76. The molecule has 0 heterocycles. The maximum absolute atomic E-state index is 10.4. The number of rotatable bonds is 3. The second kappa shape index (κ2) is 5.01. The topological polar surface area (TPSA) is 37.3 Å². The largest absolute Gasteiger partial charge is 0.506 e. The number of hydrogen-bond acceptors (Lipinski definition) is 2. The third-order valence-electron chi connectivity index (χ3n) is 1.01. The highest BCUT2D eigenvalue weighted by molar-refractivity contribution is 6.32. The summed E-state index contributed by atoms with van der Waals surface area (Å²) in [5, 5.41) is 9.43. The highest BCUT2D eigenvalue weighted by Crippen LogP contribution is 2.15. The molecule has 66 valence electrons. The molecule has 0 unspecified atom stereocenters. The van der Waals surface area contributed by atoms with Gasteiger partial charge in [-0.2, -0.15) is 0 Å². The highest BCUT2D eigenvalue weighted by atomic mass is 35.5. The lowest BCUT2D eigenvalue weighted by Crippen LogP contribution is -1.90. The van der Waals surface area contributed by atoms with E-state index in [0.717, 1.165) is 0 Å². The number of allylic oxidation sites excluding steroid dienone is 4. The molecule has 4 heteroatoms. The van der Waals surface area contributed by atoms with Crippen LogP contribution in [0.2, 0.25) is 0 Å². The first-order valence-corrected chi connectivity index (χ1v) is 3.81. The summed E-state index contributed by atoms with van der Waals surface area (Å²) in [6, 6.07) is 0. The van der Waals surface area contributed by atoms with Crippen molar-refractivity contribution in [2.24, 2.45) is 0 Å². The van der Waals surface area contributed by atoms with Crippen LogP contribution in [0, 0.1) is 0 Å². The van der Waals surface area contributed by atoms with Crippen molar-refractivity contribution in [1.82, 2.24) is 0 Å². The van der Waals surface area contributed by atoms with Crippen molar-refractivity contribution >= 4 is 29.5 Å². The zero-order chi connectivity index (χ0) is 9.72. The fraction of sp³-hybridized carbons (Fsp3) is 0.125. The molecule has 0 radical (unpaired) electrons. The number of halogens is 2. The van der Waals surface area contributed by atoms with E-state index in [2.05, 4.69) is 6.58 Å². The molecule has 0 spiro atoms. The van der Waals surface area contributed by atoms with Gasteiger partial charge in [0.2, 0.25) is 0 Å². The fourth-order valence-corrected chi connectivity index (χ4v) is 0.756. The quantitative estimate of drug-likeness (QED) is 0.334. The molecule has 0 saturated heterocycles. The minimum atomic E-state index is -0.355. The Labute approximate surface area is 80.8 Å². The van der Waals surface area contributed by atoms with Gasteiger partial charge in [0.05, 0.1) is 10.6 Å². The molecule has 0 saturated carbocycles. The number of carbonyl (C=O) groups is 1. The molecule has 0 rings (SSSR count). The van der Waals surface area contributed by atoms with Crippen molar-refractivity contribution in [3.8, 4) is 0 Å². The van der Waals surface area contributed by atoms with E-state index in [0.29, 0.717) is 11.3 Å². The van der Waals surface area contributed by atoms with Crippen molar-refractivity contribution in [2.45, 2.75) is 6.92 Å². The van der Waals surface area contributed by atoms with Gasteiger partial charge in [-0.3, -0.25) is 4.79 Å². The van der Waals surface area contributed by atoms with Crippen LogP contribution >= 0.6 is 23.2 Å². The molecule has 1 N–H and O–H groups in total. The van der Waals surface area contributed by atoms with Crippen LogP contribution in [0.25, 0.3) is 0 Å². The first-order valence-electron chi connectivity index (χ1n) is 3.06.